The Hall–Kier alpha value is -2.21. The Bertz CT molecular complexity index is 653. The summed E-state index contributed by atoms with van der Waals surface area (Å²) in [6, 6.07) is 7.95. The van der Waals surface area contributed by atoms with Crippen LogP contribution in [0.15, 0.2) is 42.9 Å². The van der Waals surface area contributed by atoms with Gasteiger partial charge in [-0.25, -0.2) is 15.0 Å². The van der Waals surface area contributed by atoms with E-state index < -0.39 is 0 Å². The average molecular weight is 325 g/mol. The molecule has 0 bridgehead atoms. The summed E-state index contributed by atoms with van der Waals surface area (Å²) in [4.78, 5) is 18.1. The summed E-state index contributed by atoms with van der Waals surface area (Å²) in [6.07, 6.45) is 7.79. The number of anilines is 2. The molecule has 0 aliphatic carbocycles. The van der Waals surface area contributed by atoms with Crippen molar-refractivity contribution in [2.24, 2.45) is 5.41 Å². The number of ether oxygens (including phenoxy) is 1. The number of aromatic nitrogens is 3. The van der Waals surface area contributed by atoms with E-state index in [0.717, 1.165) is 57.6 Å². The van der Waals surface area contributed by atoms with Crippen LogP contribution in [0.3, 0.4) is 0 Å². The molecule has 2 aliphatic rings. The second-order valence-electron chi connectivity index (χ2n) is 6.74. The molecule has 6 heteroatoms. The van der Waals surface area contributed by atoms with E-state index in [1.165, 1.54) is 6.42 Å². The van der Waals surface area contributed by atoms with Gasteiger partial charge >= 0.3 is 0 Å². The second kappa shape index (κ2) is 6.73. The minimum atomic E-state index is 0.103. The number of piperidine rings is 1. The lowest BCUT2D eigenvalue weighted by Crippen LogP contribution is -2.51. The Morgan fingerprint density at radius 1 is 0.917 bits per heavy atom. The van der Waals surface area contributed by atoms with Crippen molar-refractivity contribution < 1.29 is 4.74 Å². The van der Waals surface area contributed by atoms with Crippen molar-refractivity contribution >= 4 is 11.8 Å². The van der Waals surface area contributed by atoms with Crippen LogP contribution in [0, 0.1) is 5.41 Å². The third-order valence-corrected chi connectivity index (χ3v) is 4.91. The minimum Gasteiger partial charge on any atom is -0.379 e. The molecule has 126 valence electrons. The van der Waals surface area contributed by atoms with Gasteiger partial charge in [0.05, 0.1) is 13.2 Å². The zero-order valence-corrected chi connectivity index (χ0v) is 13.8. The van der Waals surface area contributed by atoms with Crippen LogP contribution in [0.25, 0.3) is 0 Å². The van der Waals surface area contributed by atoms with Crippen LogP contribution in [-0.4, -0.2) is 54.3 Å². The molecular weight excluding hydrogens is 302 g/mol. The van der Waals surface area contributed by atoms with Crippen molar-refractivity contribution in [2.45, 2.75) is 12.8 Å². The highest BCUT2D eigenvalue weighted by molar-refractivity contribution is 5.39. The molecule has 24 heavy (non-hydrogen) atoms. The van der Waals surface area contributed by atoms with Crippen molar-refractivity contribution in [3.63, 3.8) is 0 Å². The first-order valence-electron chi connectivity index (χ1n) is 8.60. The summed E-state index contributed by atoms with van der Waals surface area (Å²) in [5, 5.41) is 0. The molecule has 1 unspecified atom stereocenters. The molecule has 2 fully saturated rings. The summed E-state index contributed by atoms with van der Waals surface area (Å²) in [5.74, 6) is 1.86. The van der Waals surface area contributed by atoms with Crippen LogP contribution in [-0.2, 0) is 4.74 Å². The van der Waals surface area contributed by atoms with E-state index in [0.29, 0.717) is 0 Å². The third-order valence-electron chi connectivity index (χ3n) is 4.91. The third kappa shape index (κ3) is 3.19. The fourth-order valence-corrected chi connectivity index (χ4v) is 3.81. The maximum Gasteiger partial charge on any atom is 0.225 e. The predicted molar refractivity (Wildman–Crippen MR) is 93.2 cm³/mol. The lowest BCUT2D eigenvalue weighted by atomic mass is 9.80. The van der Waals surface area contributed by atoms with Gasteiger partial charge in [0.1, 0.15) is 5.82 Å². The molecule has 4 heterocycles. The summed E-state index contributed by atoms with van der Waals surface area (Å²) in [5.41, 5.74) is 0.103. The number of rotatable bonds is 2. The topological polar surface area (TPSA) is 54.4 Å². The zero-order chi connectivity index (χ0) is 16.2. The molecule has 6 nitrogen and oxygen atoms in total. The first kappa shape index (κ1) is 15.3. The van der Waals surface area contributed by atoms with Gasteiger partial charge in [-0.05, 0) is 31.0 Å². The monoisotopic (exact) mass is 325 g/mol. The summed E-state index contributed by atoms with van der Waals surface area (Å²) < 4.78 is 5.99. The molecule has 0 radical (unpaired) electrons. The Balaban J connectivity index is 1.56. The highest BCUT2D eigenvalue weighted by Gasteiger charge is 2.39. The van der Waals surface area contributed by atoms with Crippen molar-refractivity contribution in [2.75, 3.05) is 49.2 Å². The van der Waals surface area contributed by atoms with Gasteiger partial charge in [-0.15, -0.1) is 0 Å². The van der Waals surface area contributed by atoms with Gasteiger partial charge in [-0.2, -0.15) is 0 Å². The highest BCUT2D eigenvalue weighted by Crippen LogP contribution is 2.35. The van der Waals surface area contributed by atoms with Crippen molar-refractivity contribution in [1.82, 2.24) is 15.0 Å². The van der Waals surface area contributed by atoms with Crippen LogP contribution in [0.1, 0.15) is 12.8 Å². The SMILES string of the molecule is c1ccc(N2CCOCC3(CCCN(c4ncccn4)C3)C2)nc1. The molecule has 0 N–H and O–H groups in total. The van der Waals surface area contributed by atoms with Gasteiger partial charge in [0, 0.05) is 50.2 Å². The van der Waals surface area contributed by atoms with Crippen molar-refractivity contribution in [3.05, 3.63) is 42.9 Å². The fraction of sp³-hybridized carbons (Fsp3) is 0.500. The van der Waals surface area contributed by atoms with E-state index in [2.05, 4.69) is 30.8 Å². The molecule has 1 spiro atoms. The molecule has 2 aromatic heterocycles. The van der Waals surface area contributed by atoms with Crippen LogP contribution in [0.2, 0.25) is 0 Å². The van der Waals surface area contributed by atoms with E-state index in [-0.39, 0.29) is 5.41 Å². The molecule has 2 saturated heterocycles. The zero-order valence-electron chi connectivity index (χ0n) is 13.8. The fourth-order valence-electron chi connectivity index (χ4n) is 3.81. The average Bonchev–Trinajstić information content (AvgIpc) is 2.86. The lowest BCUT2D eigenvalue weighted by molar-refractivity contribution is 0.0596. The maximum atomic E-state index is 5.99. The summed E-state index contributed by atoms with van der Waals surface area (Å²) in [7, 11) is 0. The van der Waals surface area contributed by atoms with Gasteiger partial charge in [0.2, 0.25) is 5.95 Å². The Kier molecular flexibility index (Phi) is 4.30. The Morgan fingerprint density at radius 3 is 2.58 bits per heavy atom. The standard InChI is InChI=1S/C18H23N5O/c1-2-7-19-16(5-1)22-11-12-24-15-18(13-22)6-3-10-23(14-18)17-20-8-4-9-21-17/h1-2,4-5,7-9H,3,6,10-15H2. The van der Waals surface area contributed by atoms with Crippen molar-refractivity contribution in [1.29, 1.82) is 0 Å². The van der Waals surface area contributed by atoms with Crippen LogP contribution >= 0.6 is 0 Å². The lowest BCUT2D eigenvalue weighted by Gasteiger charge is -2.43. The Morgan fingerprint density at radius 2 is 1.75 bits per heavy atom. The first-order chi connectivity index (χ1) is 11.8. The molecular formula is C18H23N5O. The summed E-state index contributed by atoms with van der Waals surface area (Å²) in [6.45, 7) is 5.34. The van der Waals surface area contributed by atoms with Crippen molar-refractivity contribution in [3.8, 4) is 0 Å². The molecule has 2 aromatic rings. The molecule has 4 rings (SSSR count). The number of hydrogen-bond donors (Lipinski definition) is 0. The number of nitrogens with zero attached hydrogens (tertiary/aromatic N) is 5. The maximum absolute atomic E-state index is 5.99. The van der Waals surface area contributed by atoms with E-state index in [1.54, 1.807) is 0 Å². The van der Waals surface area contributed by atoms with Crippen LogP contribution in [0.4, 0.5) is 11.8 Å². The first-order valence-corrected chi connectivity index (χ1v) is 8.60. The van der Waals surface area contributed by atoms with Crippen LogP contribution < -0.4 is 9.80 Å². The second-order valence-corrected chi connectivity index (χ2v) is 6.74. The molecule has 1 atom stereocenters. The van der Waals surface area contributed by atoms with Gasteiger partial charge in [-0.3, -0.25) is 0 Å². The highest BCUT2D eigenvalue weighted by atomic mass is 16.5. The molecule has 2 aliphatic heterocycles. The van der Waals surface area contributed by atoms with Gasteiger partial charge in [-0.1, -0.05) is 6.07 Å². The normalized spacial score (nSPS) is 24.8. The van der Waals surface area contributed by atoms with Gasteiger partial charge < -0.3 is 14.5 Å². The molecule has 0 saturated carbocycles. The number of hydrogen-bond acceptors (Lipinski definition) is 6. The van der Waals surface area contributed by atoms with Gasteiger partial charge in [0.25, 0.3) is 0 Å². The smallest absolute Gasteiger partial charge is 0.225 e. The van der Waals surface area contributed by atoms with Gasteiger partial charge in [0.15, 0.2) is 0 Å². The number of pyridine rings is 1. The minimum absolute atomic E-state index is 0.103. The van der Waals surface area contributed by atoms with Crippen LogP contribution in [0.5, 0.6) is 0 Å². The van der Waals surface area contributed by atoms with E-state index in [1.807, 2.05) is 36.8 Å². The molecule has 0 amide bonds. The molecule has 0 aromatic carbocycles. The quantitative estimate of drug-likeness (QED) is 0.842. The van der Waals surface area contributed by atoms with E-state index >= 15 is 0 Å². The van der Waals surface area contributed by atoms with E-state index in [4.69, 9.17) is 4.74 Å². The van der Waals surface area contributed by atoms with E-state index in [9.17, 15) is 0 Å². The summed E-state index contributed by atoms with van der Waals surface area (Å²) >= 11 is 0. The largest absolute Gasteiger partial charge is 0.379 e. The Labute approximate surface area is 142 Å². The predicted octanol–water partition coefficient (Wildman–Crippen LogP) is 1.99.